The Bertz CT molecular complexity index is 1060. The van der Waals surface area contributed by atoms with Crippen LogP contribution in [-0.4, -0.2) is 47.1 Å². The van der Waals surface area contributed by atoms with Gasteiger partial charge in [0.2, 0.25) is 5.82 Å². The first-order valence-corrected chi connectivity index (χ1v) is 10.9. The normalized spacial score (nSPS) is 14.3. The molecule has 1 fully saturated rings. The summed E-state index contributed by atoms with van der Waals surface area (Å²) in [7, 11) is 0. The lowest BCUT2D eigenvalue weighted by atomic mass is 9.78. The molecule has 0 N–H and O–H groups in total. The Morgan fingerprint density at radius 2 is 1.62 bits per heavy atom. The Hall–Kier alpha value is -3.25. The zero-order chi connectivity index (χ0) is 22.6. The summed E-state index contributed by atoms with van der Waals surface area (Å²) in [6, 6.07) is 18.6. The number of ether oxygens (including phenoxy) is 2. The highest BCUT2D eigenvalue weighted by molar-refractivity contribution is 5.90. The molecule has 1 amide bonds. The molecule has 0 aliphatic carbocycles. The van der Waals surface area contributed by atoms with Gasteiger partial charge in [-0.1, -0.05) is 55.8 Å². The Kier molecular flexibility index (Phi) is 6.51. The fourth-order valence-corrected chi connectivity index (χ4v) is 3.75. The van der Waals surface area contributed by atoms with Gasteiger partial charge in [0.05, 0.1) is 18.9 Å². The number of rotatable bonds is 6. The Morgan fingerprint density at radius 1 is 1.00 bits per heavy atom. The third-order valence-electron chi connectivity index (χ3n) is 5.94. The van der Waals surface area contributed by atoms with Gasteiger partial charge in [-0.15, -0.1) is 0 Å². The number of benzene rings is 2. The van der Waals surface area contributed by atoms with Crippen molar-refractivity contribution >= 4 is 5.91 Å². The molecule has 4 rings (SSSR count). The number of aryl methyl sites for hydroxylation is 1. The topological polar surface area (TPSA) is 64.5 Å². The maximum atomic E-state index is 12.6. The van der Waals surface area contributed by atoms with Gasteiger partial charge in [0, 0.05) is 24.7 Å². The SMILES string of the molecule is Cc1ccc(C(C)(C)c2ccc(OCc3ccnc(C(=O)N4CCOCC4)n3)cc2)cc1. The van der Waals surface area contributed by atoms with Gasteiger partial charge in [0.25, 0.3) is 5.91 Å². The van der Waals surface area contributed by atoms with Crippen molar-refractivity contribution in [1.82, 2.24) is 14.9 Å². The molecule has 6 nitrogen and oxygen atoms in total. The molecule has 0 bridgehead atoms. The number of aromatic nitrogens is 2. The molecule has 6 heteroatoms. The second-order valence-electron chi connectivity index (χ2n) is 8.58. The van der Waals surface area contributed by atoms with Gasteiger partial charge < -0.3 is 14.4 Å². The van der Waals surface area contributed by atoms with Crippen LogP contribution in [-0.2, 0) is 16.8 Å². The number of morpholine rings is 1. The molecule has 1 aliphatic rings. The lowest BCUT2D eigenvalue weighted by Crippen LogP contribution is -2.41. The van der Waals surface area contributed by atoms with Crippen molar-refractivity contribution in [2.45, 2.75) is 32.8 Å². The first kappa shape index (κ1) is 22.0. The molecule has 0 radical (unpaired) electrons. The van der Waals surface area contributed by atoms with Gasteiger partial charge in [-0.3, -0.25) is 4.79 Å². The van der Waals surface area contributed by atoms with Gasteiger partial charge in [-0.25, -0.2) is 9.97 Å². The van der Waals surface area contributed by atoms with Gasteiger partial charge >= 0.3 is 0 Å². The predicted octanol–water partition coefficient (Wildman–Crippen LogP) is 4.16. The van der Waals surface area contributed by atoms with E-state index in [9.17, 15) is 4.79 Å². The molecule has 2 aromatic carbocycles. The van der Waals surface area contributed by atoms with E-state index in [4.69, 9.17) is 9.47 Å². The quantitative estimate of drug-likeness (QED) is 0.586. The van der Waals surface area contributed by atoms with E-state index in [2.05, 4.69) is 67.1 Å². The smallest absolute Gasteiger partial charge is 0.291 e. The Labute approximate surface area is 189 Å². The molecular weight excluding hydrogens is 402 g/mol. The first-order chi connectivity index (χ1) is 15.4. The maximum Gasteiger partial charge on any atom is 0.291 e. The molecule has 3 aromatic rings. The van der Waals surface area contributed by atoms with Crippen molar-refractivity contribution in [3.05, 3.63) is 89.0 Å². The summed E-state index contributed by atoms with van der Waals surface area (Å²) in [6.45, 7) is 9.04. The van der Waals surface area contributed by atoms with Crippen LogP contribution < -0.4 is 4.74 Å². The molecule has 166 valence electrons. The van der Waals surface area contributed by atoms with Crippen molar-refractivity contribution in [2.24, 2.45) is 0 Å². The van der Waals surface area contributed by atoms with Crippen LogP contribution in [0.4, 0.5) is 0 Å². The molecule has 32 heavy (non-hydrogen) atoms. The summed E-state index contributed by atoms with van der Waals surface area (Å²) in [5.41, 5.74) is 4.31. The third-order valence-corrected chi connectivity index (χ3v) is 5.94. The van der Waals surface area contributed by atoms with Crippen molar-refractivity contribution in [3.63, 3.8) is 0 Å². The minimum Gasteiger partial charge on any atom is -0.487 e. The summed E-state index contributed by atoms with van der Waals surface area (Å²) in [4.78, 5) is 22.9. The van der Waals surface area contributed by atoms with Crippen LogP contribution in [0.3, 0.4) is 0 Å². The second kappa shape index (κ2) is 9.49. The molecule has 2 heterocycles. The summed E-state index contributed by atoms with van der Waals surface area (Å²) in [5.74, 6) is 0.786. The standard InChI is InChI=1S/C26H29N3O3/c1-19-4-6-20(7-5-19)26(2,3)21-8-10-23(11-9-21)32-18-22-12-13-27-24(28-22)25(30)29-14-16-31-17-15-29/h4-13H,14-18H2,1-3H3. The monoisotopic (exact) mass is 431 g/mol. The van der Waals surface area contributed by atoms with E-state index >= 15 is 0 Å². The van der Waals surface area contributed by atoms with Crippen LogP contribution in [0.1, 0.15) is 46.9 Å². The summed E-state index contributed by atoms with van der Waals surface area (Å²) in [5, 5.41) is 0. The van der Waals surface area contributed by atoms with Crippen LogP contribution in [0.2, 0.25) is 0 Å². The fourth-order valence-electron chi connectivity index (χ4n) is 3.75. The molecule has 0 atom stereocenters. The Balaban J connectivity index is 1.40. The molecular formula is C26H29N3O3. The minimum absolute atomic E-state index is 0.104. The zero-order valence-corrected chi connectivity index (χ0v) is 18.9. The van der Waals surface area contributed by atoms with E-state index in [0.29, 0.717) is 32.0 Å². The highest BCUT2D eigenvalue weighted by Gasteiger charge is 2.23. The van der Waals surface area contributed by atoms with Crippen LogP contribution in [0.15, 0.2) is 60.8 Å². The molecule has 0 saturated carbocycles. The van der Waals surface area contributed by atoms with Crippen LogP contribution in [0.5, 0.6) is 5.75 Å². The highest BCUT2D eigenvalue weighted by Crippen LogP contribution is 2.32. The van der Waals surface area contributed by atoms with E-state index in [-0.39, 0.29) is 23.8 Å². The molecule has 1 aliphatic heterocycles. The largest absolute Gasteiger partial charge is 0.487 e. The number of amides is 1. The summed E-state index contributed by atoms with van der Waals surface area (Å²) < 4.78 is 11.2. The van der Waals surface area contributed by atoms with Gasteiger partial charge in [-0.2, -0.15) is 0 Å². The van der Waals surface area contributed by atoms with Crippen LogP contribution in [0, 0.1) is 6.92 Å². The zero-order valence-electron chi connectivity index (χ0n) is 18.9. The predicted molar refractivity (Wildman–Crippen MR) is 123 cm³/mol. The van der Waals surface area contributed by atoms with E-state index in [1.54, 1.807) is 17.2 Å². The Morgan fingerprint density at radius 3 is 2.28 bits per heavy atom. The molecule has 1 aromatic heterocycles. The van der Waals surface area contributed by atoms with Crippen molar-refractivity contribution in [3.8, 4) is 5.75 Å². The van der Waals surface area contributed by atoms with Crippen molar-refractivity contribution in [1.29, 1.82) is 0 Å². The van der Waals surface area contributed by atoms with Crippen molar-refractivity contribution < 1.29 is 14.3 Å². The van der Waals surface area contributed by atoms with Crippen molar-refractivity contribution in [2.75, 3.05) is 26.3 Å². The number of carbonyl (C=O) groups excluding carboxylic acids is 1. The average molecular weight is 432 g/mol. The van der Waals surface area contributed by atoms with Crippen LogP contribution in [0.25, 0.3) is 0 Å². The van der Waals surface area contributed by atoms with Gasteiger partial charge in [0.15, 0.2) is 0 Å². The van der Waals surface area contributed by atoms with E-state index in [1.807, 2.05) is 12.1 Å². The molecule has 0 unspecified atom stereocenters. The van der Waals surface area contributed by atoms with Crippen LogP contribution >= 0.6 is 0 Å². The van der Waals surface area contributed by atoms with E-state index in [0.717, 1.165) is 5.75 Å². The second-order valence-corrected chi connectivity index (χ2v) is 8.58. The fraction of sp³-hybridized carbons (Fsp3) is 0.346. The first-order valence-electron chi connectivity index (χ1n) is 10.9. The lowest BCUT2D eigenvalue weighted by molar-refractivity contribution is 0.0294. The summed E-state index contributed by atoms with van der Waals surface area (Å²) in [6.07, 6.45) is 1.60. The molecule has 0 spiro atoms. The number of hydrogen-bond donors (Lipinski definition) is 0. The molecule has 1 saturated heterocycles. The maximum absolute atomic E-state index is 12.6. The lowest BCUT2D eigenvalue weighted by Gasteiger charge is -2.26. The van der Waals surface area contributed by atoms with Gasteiger partial charge in [-0.05, 0) is 36.2 Å². The van der Waals surface area contributed by atoms with E-state index in [1.165, 1.54) is 16.7 Å². The van der Waals surface area contributed by atoms with Gasteiger partial charge in [0.1, 0.15) is 12.4 Å². The van der Waals surface area contributed by atoms with E-state index < -0.39 is 0 Å². The number of hydrogen-bond acceptors (Lipinski definition) is 5. The average Bonchev–Trinajstić information content (AvgIpc) is 2.83. The number of carbonyl (C=O) groups is 1. The highest BCUT2D eigenvalue weighted by atomic mass is 16.5. The summed E-state index contributed by atoms with van der Waals surface area (Å²) >= 11 is 0. The minimum atomic E-state index is -0.169. The number of nitrogens with zero attached hydrogens (tertiary/aromatic N) is 3. The third kappa shape index (κ3) is 4.97.